The molecule has 1 unspecified atom stereocenters. The van der Waals surface area contributed by atoms with Crippen molar-refractivity contribution in [2.24, 2.45) is 0 Å². The molecule has 1 N–H and O–H groups in total. The van der Waals surface area contributed by atoms with E-state index >= 15 is 0 Å². The highest BCUT2D eigenvalue weighted by Crippen LogP contribution is 2.25. The Kier molecular flexibility index (Phi) is 6.53. The van der Waals surface area contributed by atoms with E-state index in [2.05, 4.69) is 16.9 Å². The van der Waals surface area contributed by atoms with Gasteiger partial charge in [-0.25, -0.2) is 4.98 Å². The molecular weight excluding hydrogens is 394 g/mol. The van der Waals surface area contributed by atoms with Crippen molar-refractivity contribution in [3.05, 3.63) is 58.7 Å². The number of anilines is 1. The number of nitrogens with zero attached hydrogens (tertiary/aromatic N) is 2. The maximum Gasteiger partial charge on any atom is 0.263 e. The largest absolute Gasteiger partial charge is 0.494 e. The van der Waals surface area contributed by atoms with E-state index in [9.17, 15) is 9.59 Å². The molecule has 0 aliphatic rings. The van der Waals surface area contributed by atoms with Crippen LogP contribution in [0.3, 0.4) is 0 Å². The first-order chi connectivity index (χ1) is 13.5. The van der Waals surface area contributed by atoms with Crippen molar-refractivity contribution >= 4 is 44.9 Å². The number of hydrogen-bond donors (Lipinski definition) is 1. The van der Waals surface area contributed by atoms with Gasteiger partial charge >= 0.3 is 0 Å². The van der Waals surface area contributed by atoms with Crippen molar-refractivity contribution in [2.75, 3.05) is 11.9 Å². The molecule has 1 atom stereocenters. The Labute approximate surface area is 171 Å². The second-order valence-electron chi connectivity index (χ2n) is 5.94. The fraction of sp³-hybridized carbons (Fsp3) is 0.250. The highest BCUT2D eigenvalue weighted by molar-refractivity contribution is 8.00. The van der Waals surface area contributed by atoms with Crippen molar-refractivity contribution in [1.29, 1.82) is 0 Å². The van der Waals surface area contributed by atoms with Gasteiger partial charge in [0.15, 0.2) is 5.16 Å². The molecule has 28 heavy (non-hydrogen) atoms. The average Bonchev–Trinajstić information content (AvgIpc) is 3.15. The van der Waals surface area contributed by atoms with Crippen molar-refractivity contribution in [3.8, 4) is 5.75 Å². The Morgan fingerprint density at radius 3 is 2.82 bits per heavy atom. The zero-order chi connectivity index (χ0) is 20.1. The average molecular weight is 416 g/mol. The molecule has 1 aromatic carbocycles. The lowest BCUT2D eigenvalue weighted by Crippen LogP contribution is -2.26. The molecular formula is C20H21N3O3S2. The number of hydrogen-bond acceptors (Lipinski definition) is 6. The van der Waals surface area contributed by atoms with Gasteiger partial charge in [0.2, 0.25) is 5.91 Å². The lowest BCUT2D eigenvalue weighted by atomic mass is 10.3. The lowest BCUT2D eigenvalue weighted by Gasteiger charge is -2.15. The predicted octanol–water partition coefficient (Wildman–Crippen LogP) is 4.16. The molecule has 0 aliphatic heterocycles. The van der Waals surface area contributed by atoms with E-state index in [-0.39, 0.29) is 11.5 Å². The molecule has 1 amide bonds. The summed E-state index contributed by atoms with van der Waals surface area (Å²) in [6, 6.07) is 8.98. The summed E-state index contributed by atoms with van der Waals surface area (Å²) in [5.74, 6) is 0.588. The van der Waals surface area contributed by atoms with Crippen LogP contribution in [0.4, 0.5) is 5.69 Å². The summed E-state index contributed by atoms with van der Waals surface area (Å²) >= 11 is 2.66. The van der Waals surface area contributed by atoms with Gasteiger partial charge < -0.3 is 10.1 Å². The molecule has 6 nitrogen and oxygen atoms in total. The van der Waals surface area contributed by atoms with E-state index < -0.39 is 5.25 Å². The number of thiophene rings is 1. The van der Waals surface area contributed by atoms with E-state index in [4.69, 9.17) is 4.74 Å². The van der Waals surface area contributed by atoms with E-state index in [0.717, 1.165) is 5.75 Å². The topological polar surface area (TPSA) is 73.2 Å². The van der Waals surface area contributed by atoms with Crippen molar-refractivity contribution in [1.82, 2.24) is 9.55 Å². The minimum absolute atomic E-state index is 0.118. The fourth-order valence-electron chi connectivity index (χ4n) is 2.57. The third kappa shape index (κ3) is 4.45. The van der Waals surface area contributed by atoms with Crippen LogP contribution in [-0.4, -0.2) is 27.3 Å². The van der Waals surface area contributed by atoms with Crippen molar-refractivity contribution in [2.45, 2.75) is 30.8 Å². The molecule has 2 aromatic heterocycles. The van der Waals surface area contributed by atoms with Gasteiger partial charge in [-0.2, -0.15) is 0 Å². The Morgan fingerprint density at radius 2 is 2.14 bits per heavy atom. The Hall–Kier alpha value is -2.58. The third-order valence-corrected chi connectivity index (χ3v) is 5.84. The molecule has 3 aromatic rings. The van der Waals surface area contributed by atoms with Crippen LogP contribution in [0.1, 0.15) is 13.8 Å². The molecule has 0 saturated heterocycles. The maximum absolute atomic E-state index is 12.7. The van der Waals surface area contributed by atoms with Crippen LogP contribution < -0.4 is 15.6 Å². The summed E-state index contributed by atoms with van der Waals surface area (Å²) in [6.07, 6.45) is 1.65. The zero-order valence-corrected chi connectivity index (χ0v) is 17.3. The molecule has 0 spiro atoms. The molecule has 8 heteroatoms. The van der Waals surface area contributed by atoms with Crippen LogP contribution in [0.15, 0.2) is 58.3 Å². The molecule has 0 bridgehead atoms. The number of ether oxygens (including phenoxy) is 1. The zero-order valence-electron chi connectivity index (χ0n) is 15.7. The predicted molar refractivity (Wildman–Crippen MR) is 116 cm³/mol. The molecule has 2 heterocycles. The minimum atomic E-state index is -0.438. The van der Waals surface area contributed by atoms with E-state index in [1.54, 1.807) is 35.8 Å². The number of carbonyl (C=O) groups is 1. The van der Waals surface area contributed by atoms with Gasteiger partial charge in [-0.05, 0) is 49.6 Å². The number of thioether (sulfide) groups is 1. The SMILES string of the molecule is C=CCn1c(SC(C)C(=O)Nc2ccc(OCC)cc2)nc2sccc2c1=O. The van der Waals surface area contributed by atoms with Crippen LogP contribution in [0.25, 0.3) is 10.2 Å². The van der Waals surface area contributed by atoms with Crippen LogP contribution >= 0.6 is 23.1 Å². The second kappa shape index (κ2) is 9.07. The second-order valence-corrected chi connectivity index (χ2v) is 8.15. The first-order valence-corrected chi connectivity index (χ1v) is 10.6. The van der Waals surface area contributed by atoms with E-state index in [0.29, 0.717) is 34.2 Å². The first kappa shape index (κ1) is 20.2. The quantitative estimate of drug-likeness (QED) is 0.340. The molecule has 0 fully saturated rings. The number of amides is 1. The van der Waals surface area contributed by atoms with Crippen LogP contribution in [0.2, 0.25) is 0 Å². The van der Waals surface area contributed by atoms with Gasteiger partial charge in [0.1, 0.15) is 10.6 Å². The number of fused-ring (bicyclic) bond motifs is 1. The van der Waals surface area contributed by atoms with Gasteiger partial charge in [0.05, 0.1) is 17.2 Å². The van der Waals surface area contributed by atoms with Crippen LogP contribution in [0, 0.1) is 0 Å². The normalized spacial score (nSPS) is 11.9. The van der Waals surface area contributed by atoms with Crippen molar-refractivity contribution < 1.29 is 9.53 Å². The van der Waals surface area contributed by atoms with Crippen LogP contribution in [0.5, 0.6) is 5.75 Å². The summed E-state index contributed by atoms with van der Waals surface area (Å²) < 4.78 is 6.95. The van der Waals surface area contributed by atoms with Gasteiger partial charge in [-0.3, -0.25) is 14.2 Å². The molecule has 0 aliphatic carbocycles. The molecule has 0 saturated carbocycles. The highest BCUT2D eigenvalue weighted by Gasteiger charge is 2.19. The number of aromatic nitrogens is 2. The Balaban J connectivity index is 1.77. The number of carbonyl (C=O) groups excluding carboxylic acids is 1. The molecule has 3 rings (SSSR count). The van der Waals surface area contributed by atoms with Gasteiger partial charge in [0.25, 0.3) is 5.56 Å². The smallest absolute Gasteiger partial charge is 0.263 e. The summed E-state index contributed by atoms with van der Waals surface area (Å²) in [5, 5.41) is 5.38. The Bertz CT molecular complexity index is 1040. The monoisotopic (exact) mass is 415 g/mol. The number of nitrogens with one attached hydrogen (secondary N) is 1. The summed E-state index contributed by atoms with van der Waals surface area (Å²) in [7, 11) is 0. The highest BCUT2D eigenvalue weighted by atomic mass is 32.2. The van der Waals surface area contributed by atoms with E-state index in [1.165, 1.54) is 23.1 Å². The Morgan fingerprint density at radius 1 is 1.39 bits per heavy atom. The van der Waals surface area contributed by atoms with E-state index in [1.807, 2.05) is 24.4 Å². The lowest BCUT2D eigenvalue weighted by molar-refractivity contribution is -0.115. The fourth-order valence-corrected chi connectivity index (χ4v) is 4.29. The maximum atomic E-state index is 12.7. The number of allylic oxidation sites excluding steroid dienone is 1. The number of rotatable bonds is 8. The standard InChI is InChI=1S/C20H21N3O3S2/c1-4-11-23-19(25)16-10-12-27-18(16)22-20(23)28-13(3)17(24)21-14-6-8-15(9-7-14)26-5-2/h4,6-10,12-13H,1,5,11H2,2-3H3,(H,21,24). The molecule has 0 radical (unpaired) electrons. The number of benzene rings is 1. The van der Waals surface area contributed by atoms with Crippen LogP contribution in [-0.2, 0) is 11.3 Å². The summed E-state index contributed by atoms with van der Waals surface area (Å²) in [6.45, 7) is 8.35. The molecule has 146 valence electrons. The minimum Gasteiger partial charge on any atom is -0.494 e. The third-order valence-electron chi connectivity index (χ3n) is 3.94. The van der Waals surface area contributed by atoms with Gasteiger partial charge in [-0.15, -0.1) is 17.9 Å². The summed E-state index contributed by atoms with van der Waals surface area (Å²) in [4.78, 5) is 30.5. The summed E-state index contributed by atoms with van der Waals surface area (Å²) in [5.41, 5.74) is 0.568. The first-order valence-electron chi connectivity index (χ1n) is 8.82. The van der Waals surface area contributed by atoms with Gasteiger partial charge in [-0.1, -0.05) is 17.8 Å². The van der Waals surface area contributed by atoms with Gasteiger partial charge in [0, 0.05) is 12.2 Å². The van der Waals surface area contributed by atoms with Crippen molar-refractivity contribution in [3.63, 3.8) is 0 Å².